The second kappa shape index (κ2) is 8.03. The molecule has 23 heavy (non-hydrogen) atoms. The van der Waals surface area contributed by atoms with E-state index in [9.17, 15) is 19.3 Å². The summed E-state index contributed by atoms with van der Waals surface area (Å²) < 4.78 is 12.8. The van der Waals surface area contributed by atoms with E-state index in [2.05, 4.69) is 5.32 Å². The molecule has 0 bridgehead atoms. The normalized spacial score (nSPS) is 10.3. The summed E-state index contributed by atoms with van der Waals surface area (Å²) in [5, 5.41) is 13.4. The number of nitro benzene ring substituents is 1. The first-order chi connectivity index (χ1) is 11.0. The van der Waals surface area contributed by atoms with Crippen LogP contribution < -0.4 is 5.32 Å². The molecule has 0 saturated carbocycles. The van der Waals surface area contributed by atoms with Gasteiger partial charge in [0, 0.05) is 25.1 Å². The standard InChI is InChI=1S/C17H17FN2O3/c18-15-6-1-13(2-7-15)5-10-17(21)19-12-11-14-3-8-16(9-4-14)20(22)23/h1-4,6-9H,5,10-12H2,(H,19,21). The van der Waals surface area contributed by atoms with Gasteiger partial charge in [0.1, 0.15) is 5.82 Å². The molecule has 0 saturated heterocycles. The van der Waals surface area contributed by atoms with Crippen LogP contribution in [0.5, 0.6) is 0 Å². The Hall–Kier alpha value is -2.76. The van der Waals surface area contributed by atoms with Crippen LogP contribution in [0.15, 0.2) is 48.5 Å². The van der Waals surface area contributed by atoms with Gasteiger partial charge in [-0.15, -0.1) is 0 Å². The van der Waals surface area contributed by atoms with Crippen LogP contribution >= 0.6 is 0 Å². The number of nitrogens with zero attached hydrogens (tertiary/aromatic N) is 1. The number of aryl methyl sites for hydroxylation is 1. The summed E-state index contributed by atoms with van der Waals surface area (Å²) in [4.78, 5) is 21.8. The van der Waals surface area contributed by atoms with Crippen LogP contribution in [-0.4, -0.2) is 17.4 Å². The molecule has 0 aliphatic carbocycles. The second-order valence-corrected chi connectivity index (χ2v) is 5.15. The highest BCUT2D eigenvalue weighted by Gasteiger charge is 2.05. The number of hydrogen-bond acceptors (Lipinski definition) is 3. The van der Waals surface area contributed by atoms with E-state index in [1.165, 1.54) is 24.3 Å². The quantitative estimate of drug-likeness (QED) is 0.630. The number of rotatable bonds is 7. The SMILES string of the molecule is O=C(CCc1ccc(F)cc1)NCCc1ccc([N+](=O)[O-])cc1. The van der Waals surface area contributed by atoms with Crippen LogP contribution in [0.4, 0.5) is 10.1 Å². The van der Waals surface area contributed by atoms with Crippen molar-refractivity contribution >= 4 is 11.6 Å². The van der Waals surface area contributed by atoms with Gasteiger partial charge in [0.25, 0.3) is 5.69 Å². The van der Waals surface area contributed by atoms with Gasteiger partial charge in [0.2, 0.25) is 5.91 Å². The van der Waals surface area contributed by atoms with Crippen molar-refractivity contribution in [3.8, 4) is 0 Å². The van der Waals surface area contributed by atoms with E-state index in [0.29, 0.717) is 25.8 Å². The zero-order chi connectivity index (χ0) is 16.7. The Labute approximate surface area is 133 Å². The number of nitrogens with one attached hydrogen (secondary N) is 1. The molecule has 0 fully saturated rings. The first kappa shape index (κ1) is 16.6. The van der Waals surface area contributed by atoms with Crippen LogP contribution in [0.25, 0.3) is 0 Å². The van der Waals surface area contributed by atoms with E-state index in [1.54, 1.807) is 24.3 Å². The summed E-state index contributed by atoms with van der Waals surface area (Å²) in [6, 6.07) is 12.4. The van der Waals surface area contributed by atoms with Crippen LogP contribution in [-0.2, 0) is 17.6 Å². The summed E-state index contributed by atoms with van der Waals surface area (Å²) >= 11 is 0. The summed E-state index contributed by atoms with van der Waals surface area (Å²) in [5.41, 5.74) is 1.89. The third-order valence-corrected chi connectivity index (χ3v) is 3.44. The predicted molar refractivity (Wildman–Crippen MR) is 84.5 cm³/mol. The lowest BCUT2D eigenvalue weighted by Gasteiger charge is -2.06. The Morgan fingerprint density at radius 3 is 2.17 bits per heavy atom. The lowest BCUT2D eigenvalue weighted by Crippen LogP contribution is -2.25. The summed E-state index contributed by atoms with van der Waals surface area (Å²) in [7, 11) is 0. The van der Waals surface area contributed by atoms with Gasteiger partial charge < -0.3 is 5.32 Å². The Morgan fingerprint density at radius 2 is 1.57 bits per heavy atom. The zero-order valence-electron chi connectivity index (χ0n) is 12.5. The van der Waals surface area contributed by atoms with Crippen molar-refractivity contribution < 1.29 is 14.1 Å². The van der Waals surface area contributed by atoms with Crippen molar-refractivity contribution in [2.75, 3.05) is 6.54 Å². The summed E-state index contributed by atoms with van der Waals surface area (Å²) in [6.07, 6.45) is 1.51. The van der Waals surface area contributed by atoms with Gasteiger partial charge in [-0.2, -0.15) is 0 Å². The van der Waals surface area contributed by atoms with E-state index in [-0.39, 0.29) is 17.4 Å². The Kier molecular flexibility index (Phi) is 5.80. The average molecular weight is 316 g/mol. The highest BCUT2D eigenvalue weighted by Crippen LogP contribution is 2.12. The number of benzene rings is 2. The molecular weight excluding hydrogens is 299 g/mol. The van der Waals surface area contributed by atoms with Crippen molar-refractivity contribution in [2.45, 2.75) is 19.3 Å². The number of non-ortho nitro benzene ring substituents is 1. The maximum Gasteiger partial charge on any atom is 0.269 e. The van der Waals surface area contributed by atoms with Crippen molar-refractivity contribution in [3.05, 3.63) is 75.6 Å². The van der Waals surface area contributed by atoms with Gasteiger partial charge in [-0.3, -0.25) is 14.9 Å². The molecule has 0 aromatic heterocycles. The molecule has 120 valence electrons. The number of halogens is 1. The lowest BCUT2D eigenvalue weighted by molar-refractivity contribution is -0.384. The van der Waals surface area contributed by atoms with Crippen LogP contribution in [0, 0.1) is 15.9 Å². The van der Waals surface area contributed by atoms with E-state index in [1.807, 2.05) is 0 Å². The average Bonchev–Trinajstić information content (AvgIpc) is 2.55. The maximum atomic E-state index is 12.8. The minimum absolute atomic E-state index is 0.0529. The number of hydrogen-bond donors (Lipinski definition) is 1. The first-order valence-corrected chi connectivity index (χ1v) is 7.29. The Morgan fingerprint density at radius 1 is 1.00 bits per heavy atom. The number of amides is 1. The maximum absolute atomic E-state index is 12.8. The number of carbonyl (C=O) groups is 1. The third kappa shape index (κ3) is 5.50. The van der Waals surface area contributed by atoms with Crippen LogP contribution in [0.3, 0.4) is 0 Å². The number of carbonyl (C=O) groups excluding carboxylic acids is 1. The summed E-state index contributed by atoms with van der Waals surface area (Å²) in [6.45, 7) is 0.472. The molecule has 2 aromatic carbocycles. The third-order valence-electron chi connectivity index (χ3n) is 3.44. The molecule has 0 radical (unpaired) electrons. The van der Waals surface area contributed by atoms with E-state index in [0.717, 1.165) is 11.1 Å². The molecular formula is C17H17FN2O3. The topological polar surface area (TPSA) is 72.2 Å². The molecule has 0 heterocycles. The number of nitro groups is 1. The second-order valence-electron chi connectivity index (χ2n) is 5.15. The molecule has 0 aliphatic rings. The van der Waals surface area contributed by atoms with Crippen LogP contribution in [0.1, 0.15) is 17.5 Å². The van der Waals surface area contributed by atoms with Gasteiger partial charge >= 0.3 is 0 Å². The molecule has 0 aliphatic heterocycles. The highest BCUT2D eigenvalue weighted by molar-refractivity contribution is 5.76. The lowest BCUT2D eigenvalue weighted by atomic mass is 10.1. The van der Waals surface area contributed by atoms with E-state index in [4.69, 9.17) is 0 Å². The van der Waals surface area contributed by atoms with E-state index >= 15 is 0 Å². The molecule has 0 spiro atoms. The molecule has 0 unspecified atom stereocenters. The predicted octanol–water partition coefficient (Wildman–Crippen LogP) is 3.03. The molecule has 2 aromatic rings. The van der Waals surface area contributed by atoms with Crippen molar-refractivity contribution in [3.63, 3.8) is 0 Å². The van der Waals surface area contributed by atoms with Gasteiger partial charge in [0.15, 0.2) is 0 Å². The fourth-order valence-electron chi connectivity index (χ4n) is 2.13. The van der Waals surface area contributed by atoms with Gasteiger partial charge in [0.05, 0.1) is 4.92 Å². The van der Waals surface area contributed by atoms with E-state index < -0.39 is 4.92 Å². The van der Waals surface area contributed by atoms with Crippen molar-refractivity contribution in [2.24, 2.45) is 0 Å². The fraction of sp³-hybridized carbons (Fsp3) is 0.235. The molecule has 0 atom stereocenters. The van der Waals surface area contributed by atoms with Gasteiger partial charge in [-0.05, 0) is 36.1 Å². The largest absolute Gasteiger partial charge is 0.356 e. The smallest absolute Gasteiger partial charge is 0.269 e. The Balaban J connectivity index is 1.70. The molecule has 6 heteroatoms. The monoisotopic (exact) mass is 316 g/mol. The van der Waals surface area contributed by atoms with Gasteiger partial charge in [-0.25, -0.2) is 4.39 Å². The van der Waals surface area contributed by atoms with Gasteiger partial charge in [-0.1, -0.05) is 24.3 Å². The zero-order valence-corrected chi connectivity index (χ0v) is 12.5. The summed E-state index contributed by atoms with van der Waals surface area (Å²) in [5.74, 6) is -0.363. The minimum atomic E-state index is -0.443. The molecule has 1 N–H and O–H groups in total. The van der Waals surface area contributed by atoms with Crippen molar-refractivity contribution in [1.82, 2.24) is 5.32 Å². The van der Waals surface area contributed by atoms with Crippen molar-refractivity contribution in [1.29, 1.82) is 0 Å². The molecule has 2 rings (SSSR count). The highest BCUT2D eigenvalue weighted by atomic mass is 19.1. The molecule has 1 amide bonds. The van der Waals surface area contributed by atoms with Crippen LogP contribution in [0.2, 0.25) is 0 Å². The fourth-order valence-corrected chi connectivity index (χ4v) is 2.13. The first-order valence-electron chi connectivity index (χ1n) is 7.29. The molecule has 5 nitrogen and oxygen atoms in total. The minimum Gasteiger partial charge on any atom is -0.356 e. The Bertz CT molecular complexity index is 669.